The standard InChI is InChI=1S/C22H28N4O5S/c1-14(2)26(15(3)4)22(28)12-25-11-19(17-8-6-7-9-18(17)25)32(29,30)13-21(27)23-20-10-16(5)31-24-20/h6-11,14-15H,12-13H2,1-5H3,(H,23,24,27). The summed E-state index contributed by atoms with van der Waals surface area (Å²) in [6, 6.07) is 8.45. The third-order valence-electron chi connectivity index (χ3n) is 5.01. The van der Waals surface area contributed by atoms with Gasteiger partial charge >= 0.3 is 0 Å². The summed E-state index contributed by atoms with van der Waals surface area (Å²) in [5, 5.41) is 6.53. The van der Waals surface area contributed by atoms with Gasteiger partial charge in [-0.3, -0.25) is 9.59 Å². The number of rotatable bonds is 8. The second-order valence-electron chi connectivity index (χ2n) is 8.26. The van der Waals surface area contributed by atoms with Gasteiger partial charge in [-0.1, -0.05) is 23.4 Å². The normalized spacial score (nSPS) is 12.0. The molecule has 32 heavy (non-hydrogen) atoms. The van der Waals surface area contributed by atoms with Crippen LogP contribution in [0.1, 0.15) is 33.5 Å². The number of para-hydroxylation sites is 1. The van der Waals surface area contributed by atoms with Crippen molar-refractivity contribution in [3.63, 3.8) is 0 Å². The first kappa shape index (κ1) is 23.5. The van der Waals surface area contributed by atoms with Gasteiger partial charge in [0.25, 0.3) is 0 Å². The number of carbonyl (C=O) groups is 2. The summed E-state index contributed by atoms with van der Waals surface area (Å²) in [6.07, 6.45) is 1.43. The minimum absolute atomic E-state index is 0.00317. The minimum Gasteiger partial charge on any atom is -0.360 e. The molecule has 172 valence electrons. The minimum atomic E-state index is -3.98. The molecule has 0 aliphatic rings. The van der Waals surface area contributed by atoms with Gasteiger partial charge in [0.05, 0.1) is 4.90 Å². The fraction of sp³-hybridized carbons (Fsp3) is 0.409. The molecule has 0 fully saturated rings. The van der Waals surface area contributed by atoms with Crippen LogP contribution in [-0.2, 0) is 26.0 Å². The number of nitrogens with one attached hydrogen (secondary N) is 1. The number of carbonyl (C=O) groups excluding carboxylic acids is 2. The number of benzene rings is 1. The highest BCUT2D eigenvalue weighted by atomic mass is 32.2. The van der Waals surface area contributed by atoms with Gasteiger partial charge in [0.2, 0.25) is 11.8 Å². The highest BCUT2D eigenvalue weighted by molar-refractivity contribution is 7.92. The molecular formula is C22H28N4O5S. The average Bonchev–Trinajstić information content (AvgIpc) is 3.24. The van der Waals surface area contributed by atoms with Crippen molar-refractivity contribution in [2.24, 2.45) is 0 Å². The third-order valence-corrected chi connectivity index (χ3v) is 6.65. The molecule has 2 aromatic heterocycles. The molecule has 2 heterocycles. The first-order chi connectivity index (χ1) is 15.0. The Bertz CT molecular complexity index is 1230. The van der Waals surface area contributed by atoms with Crippen molar-refractivity contribution in [2.45, 2.75) is 58.1 Å². The van der Waals surface area contributed by atoms with Crippen molar-refractivity contribution < 1.29 is 22.5 Å². The lowest BCUT2D eigenvalue weighted by Crippen LogP contribution is -2.43. The molecule has 0 saturated heterocycles. The lowest BCUT2D eigenvalue weighted by atomic mass is 10.2. The molecule has 2 amide bonds. The molecule has 3 rings (SSSR count). The van der Waals surface area contributed by atoms with E-state index in [-0.39, 0.29) is 35.2 Å². The van der Waals surface area contributed by atoms with E-state index in [0.29, 0.717) is 16.7 Å². The number of anilines is 1. The molecule has 0 radical (unpaired) electrons. The summed E-state index contributed by atoms with van der Waals surface area (Å²) in [4.78, 5) is 27.1. The second kappa shape index (κ2) is 9.15. The molecule has 3 aromatic rings. The molecule has 0 aliphatic carbocycles. The SMILES string of the molecule is Cc1cc(NC(=O)CS(=O)(=O)c2cn(CC(=O)N(C(C)C)C(C)C)c3ccccc23)no1. The number of hydrogen-bond donors (Lipinski definition) is 1. The predicted octanol–water partition coefficient (Wildman–Crippen LogP) is 3.00. The van der Waals surface area contributed by atoms with Crippen molar-refractivity contribution in [3.8, 4) is 0 Å². The molecule has 9 nitrogen and oxygen atoms in total. The van der Waals surface area contributed by atoms with E-state index in [4.69, 9.17) is 4.52 Å². The van der Waals surface area contributed by atoms with Crippen LogP contribution in [0, 0.1) is 6.92 Å². The van der Waals surface area contributed by atoms with Crippen LogP contribution < -0.4 is 5.32 Å². The van der Waals surface area contributed by atoms with E-state index in [1.54, 1.807) is 40.7 Å². The van der Waals surface area contributed by atoms with Crippen LogP contribution in [0.2, 0.25) is 0 Å². The number of amides is 2. The molecule has 1 N–H and O–H groups in total. The summed E-state index contributed by atoms with van der Waals surface area (Å²) < 4.78 is 32.7. The van der Waals surface area contributed by atoms with E-state index in [1.165, 1.54) is 12.3 Å². The Labute approximate surface area is 187 Å². The zero-order valence-corrected chi connectivity index (χ0v) is 19.6. The van der Waals surface area contributed by atoms with E-state index >= 15 is 0 Å². The first-order valence-corrected chi connectivity index (χ1v) is 12.0. The maximum Gasteiger partial charge on any atom is 0.242 e. The lowest BCUT2D eigenvalue weighted by molar-refractivity contribution is -0.135. The van der Waals surface area contributed by atoms with Crippen LogP contribution in [0.25, 0.3) is 10.9 Å². The van der Waals surface area contributed by atoms with Gasteiger partial charge in [-0.25, -0.2) is 8.42 Å². The van der Waals surface area contributed by atoms with Gasteiger partial charge in [-0.2, -0.15) is 0 Å². The zero-order valence-electron chi connectivity index (χ0n) is 18.8. The number of sulfone groups is 1. The summed E-state index contributed by atoms with van der Waals surface area (Å²) in [5.74, 6) is -0.952. The summed E-state index contributed by atoms with van der Waals surface area (Å²) in [5.41, 5.74) is 0.611. The lowest BCUT2D eigenvalue weighted by Gasteiger charge is -2.31. The van der Waals surface area contributed by atoms with E-state index < -0.39 is 21.5 Å². The predicted molar refractivity (Wildman–Crippen MR) is 121 cm³/mol. The Hall–Kier alpha value is -3.14. The Balaban J connectivity index is 1.90. The summed E-state index contributed by atoms with van der Waals surface area (Å²) >= 11 is 0. The summed E-state index contributed by atoms with van der Waals surface area (Å²) in [6.45, 7) is 9.42. The quantitative estimate of drug-likeness (QED) is 0.553. The molecule has 0 unspecified atom stereocenters. The number of aryl methyl sites for hydroxylation is 1. The molecule has 0 atom stereocenters. The van der Waals surface area contributed by atoms with Crippen LogP contribution in [0.3, 0.4) is 0 Å². The molecule has 0 bridgehead atoms. The van der Waals surface area contributed by atoms with Gasteiger partial charge in [-0.05, 0) is 40.7 Å². The maximum absolute atomic E-state index is 13.1. The average molecular weight is 461 g/mol. The zero-order chi connectivity index (χ0) is 23.6. The fourth-order valence-corrected chi connectivity index (χ4v) is 5.21. The van der Waals surface area contributed by atoms with Gasteiger partial charge in [0.1, 0.15) is 18.1 Å². The Morgan fingerprint density at radius 2 is 1.81 bits per heavy atom. The number of aromatic nitrogens is 2. The highest BCUT2D eigenvalue weighted by Crippen LogP contribution is 2.27. The van der Waals surface area contributed by atoms with E-state index in [2.05, 4.69) is 10.5 Å². The van der Waals surface area contributed by atoms with Crippen molar-refractivity contribution >= 4 is 38.4 Å². The maximum atomic E-state index is 13.1. The Morgan fingerprint density at radius 1 is 1.16 bits per heavy atom. The van der Waals surface area contributed by atoms with E-state index in [9.17, 15) is 18.0 Å². The Morgan fingerprint density at radius 3 is 2.41 bits per heavy atom. The van der Waals surface area contributed by atoms with E-state index in [0.717, 1.165) is 0 Å². The van der Waals surface area contributed by atoms with Crippen LogP contribution in [0.15, 0.2) is 45.9 Å². The molecule has 0 spiro atoms. The van der Waals surface area contributed by atoms with Crippen LogP contribution in [0.5, 0.6) is 0 Å². The van der Waals surface area contributed by atoms with E-state index in [1.807, 2.05) is 27.7 Å². The van der Waals surface area contributed by atoms with Gasteiger partial charge in [0, 0.05) is 35.2 Å². The largest absolute Gasteiger partial charge is 0.360 e. The number of fused-ring (bicyclic) bond motifs is 1. The smallest absolute Gasteiger partial charge is 0.242 e. The van der Waals surface area contributed by atoms with Gasteiger partial charge < -0.3 is 19.3 Å². The van der Waals surface area contributed by atoms with Crippen LogP contribution in [0.4, 0.5) is 5.82 Å². The molecule has 0 saturated carbocycles. The third kappa shape index (κ3) is 5.01. The summed E-state index contributed by atoms with van der Waals surface area (Å²) in [7, 11) is -3.98. The molecule has 10 heteroatoms. The fourth-order valence-electron chi connectivity index (χ4n) is 3.85. The van der Waals surface area contributed by atoms with Gasteiger partial charge in [0.15, 0.2) is 15.7 Å². The van der Waals surface area contributed by atoms with Crippen molar-refractivity contribution in [1.29, 1.82) is 0 Å². The molecule has 1 aromatic carbocycles. The van der Waals surface area contributed by atoms with Crippen LogP contribution in [-0.4, -0.2) is 52.7 Å². The highest BCUT2D eigenvalue weighted by Gasteiger charge is 2.27. The molecular weight excluding hydrogens is 432 g/mol. The van der Waals surface area contributed by atoms with Crippen molar-refractivity contribution in [3.05, 3.63) is 42.3 Å². The van der Waals surface area contributed by atoms with Crippen LogP contribution >= 0.6 is 0 Å². The Kier molecular flexibility index (Phi) is 6.73. The number of nitrogens with zero attached hydrogens (tertiary/aromatic N) is 3. The second-order valence-corrected chi connectivity index (χ2v) is 10.2. The topological polar surface area (TPSA) is 115 Å². The number of hydrogen-bond acceptors (Lipinski definition) is 6. The monoisotopic (exact) mass is 460 g/mol. The van der Waals surface area contributed by atoms with Crippen molar-refractivity contribution in [1.82, 2.24) is 14.6 Å². The molecule has 0 aliphatic heterocycles. The van der Waals surface area contributed by atoms with Crippen molar-refractivity contribution in [2.75, 3.05) is 11.1 Å². The first-order valence-electron chi connectivity index (χ1n) is 10.3. The van der Waals surface area contributed by atoms with Gasteiger partial charge in [-0.15, -0.1) is 0 Å².